The molecule has 186 valence electrons. The topological polar surface area (TPSA) is 64.0 Å². The zero-order chi connectivity index (χ0) is 24.1. The molecule has 5 heteroatoms. The number of hydrogen-bond donors (Lipinski definition) is 2. The highest BCUT2D eigenvalue weighted by Crippen LogP contribution is 2.48. The minimum atomic E-state index is -0.528. The highest BCUT2D eigenvalue weighted by atomic mass is 16.3. The smallest absolute Gasteiger partial charge is 0.222 e. The molecule has 1 saturated heterocycles. The maximum absolute atomic E-state index is 12.4. The first-order valence-corrected chi connectivity index (χ1v) is 13.1. The fourth-order valence-electron chi connectivity index (χ4n) is 6.04. The van der Waals surface area contributed by atoms with Gasteiger partial charge in [-0.1, -0.05) is 53.6 Å². The molecule has 1 aliphatic heterocycles. The van der Waals surface area contributed by atoms with Crippen molar-refractivity contribution in [2.45, 2.75) is 64.1 Å². The predicted molar refractivity (Wildman–Crippen MR) is 136 cm³/mol. The molecule has 2 aliphatic carbocycles. The molecule has 4 rings (SSSR count). The summed E-state index contributed by atoms with van der Waals surface area (Å²) in [6.07, 6.45) is 11.7. The van der Waals surface area contributed by atoms with Crippen LogP contribution in [0.1, 0.15) is 49.7 Å². The monoisotopic (exact) mass is 466 g/mol. The SMILES string of the molecule is Cc1cccc(C[C@@H](O)C=C[C@@H]2[C@H]3CC(CCCCC(=O)N4CCN(C)CC4)=C[C@H]3C[C@H]2O)c1. The Bertz CT molecular complexity index is 887. The normalized spacial score (nSPS) is 28.4. The average Bonchev–Trinajstić information content (AvgIpc) is 3.32. The van der Waals surface area contributed by atoms with Crippen molar-refractivity contribution >= 4 is 5.91 Å². The van der Waals surface area contributed by atoms with Gasteiger partial charge in [-0.3, -0.25) is 4.79 Å². The summed E-state index contributed by atoms with van der Waals surface area (Å²) in [7, 11) is 2.11. The number of amides is 1. The van der Waals surface area contributed by atoms with E-state index in [1.165, 1.54) is 11.1 Å². The van der Waals surface area contributed by atoms with Gasteiger partial charge >= 0.3 is 0 Å². The molecule has 0 unspecified atom stereocenters. The average molecular weight is 467 g/mol. The van der Waals surface area contributed by atoms with Crippen LogP contribution in [0, 0.1) is 24.7 Å². The van der Waals surface area contributed by atoms with Crippen LogP contribution in [0.2, 0.25) is 0 Å². The molecule has 5 atom stereocenters. The molecule has 0 aromatic heterocycles. The number of carbonyl (C=O) groups is 1. The number of piperazine rings is 1. The van der Waals surface area contributed by atoms with Gasteiger partial charge in [0.15, 0.2) is 0 Å². The quantitative estimate of drug-likeness (QED) is 0.430. The Morgan fingerprint density at radius 2 is 2.00 bits per heavy atom. The van der Waals surface area contributed by atoms with E-state index in [0.29, 0.717) is 30.6 Å². The van der Waals surface area contributed by atoms with Crippen molar-refractivity contribution in [2.24, 2.45) is 17.8 Å². The Balaban J connectivity index is 1.19. The summed E-state index contributed by atoms with van der Waals surface area (Å²) >= 11 is 0. The zero-order valence-corrected chi connectivity index (χ0v) is 20.9. The number of aliphatic hydroxyl groups is 2. The van der Waals surface area contributed by atoms with Crippen molar-refractivity contribution in [2.75, 3.05) is 33.2 Å². The first-order chi connectivity index (χ1) is 16.4. The molecule has 1 aromatic carbocycles. The van der Waals surface area contributed by atoms with Crippen molar-refractivity contribution in [3.63, 3.8) is 0 Å². The summed E-state index contributed by atoms with van der Waals surface area (Å²) in [6.45, 7) is 5.75. The van der Waals surface area contributed by atoms with Gasteiger partial charge in [0, 0.05) is 44.9 Å². The van der Waals surface area contributed by atoms with Crippen molar-refractivity contribution < 1.29 is 15.0 Å². The number of nitrogens with zero attached hydrogens (tertiary/aromatic N) is 2. The molecule has 1 saturated carbocycles. The van der Waals surface area contributed by atoms with Gasteiger partial charge in [0.05, 0.1) is 12.2 Å². The summed E-state index contributed by atoms with van der Waals surface area (Å²) in [4.78, 5) is 16.7. The molecule has 34 heavy (non-hydrogen) atoms. The predicted octanol–water partition coefficient (Wildman–Crippen LogP) is 3.73. The summed E-state index contributed by atoms with van der Waals surface area (Å²) in [6, 6.07) is 8.26. The van der Waals surface area contributed by atoms with Gasteiger partial charge in [-0.15, -0.1) is 0 Å². The van der Waals surface area contributed by atoms with Crippen LogP contribution in [-0.2, 0) is 11.2 Å². The molecular formula is C29H42N2O3. The lowest BCUT2D eigenvalue weighted by atomic mass is 9.88. The van der Waals surface area contributed by atoms with Gasteiger partial charge in [-0.2, -0.15) is 0 Å². The molecule has 3 aliphatic rings. The molecule has 1 amide bonds. The van der Waals surface area contributed by atoms with Crippen LogP contribution in [0.5, 0.6) is 0 Å². The molecule has 0 bridgehead atoms. The van der Waals surface area contributed by atoms with Crippen LogP contribution in [0.4, 0.5) is 0 Å². The van der Waals surface area contributed by atoms with Crippen molar-refractivity contribution in [1.82, 2.24) is 9.80 Å². The highest BCUT2D eigenvalue weighted by Gasteiger charge is 2.43. The lowest BCUT2D eigenvalue weighted by molar-refractivity contribution is -0.132. The van der Waals surface area contributed by atoms with E-state index in [1.54, 1.807) is 0 Å². The third-order valence-electron chi connectivity index (χ3n) is 8.03. The van der Waals surface area contributed by atoms with Gasteiger partial charge < -0.3 is 20.0 Å². The lowest BCUT2D eigenvalue weighted by Crippen LogP contribution is -2.47. The van der Waals surface area contributed by atoms with E-state index >= 15 is 0 Å². The van der Waals surface area contributed by atoms with E-state index in [-0.39, 0.29) is 12.0 Å². The molecule has 0 spiro atoms. The van der Waals surface area contributed by atoms with Crippen LogP contribution >= 0.6 is 0 Å². The number of benzene rings is 1. The molecule has 2 N–H and O–H groups in total. The number of likely N-dealkylation sites (N-methyl/N-ethyl adjacent to an activating group) is 1. The summed E-state index contributed by atoms with van der Waals surface area (Å²) in [5.41, 5.74) is 3.83. The number of aryl methyl sites for hydroxylation is 1. The van der Waals surface area contributed by atoms with Gasteiger partial charge in [0.1, 0.15) is 0 Å². The minimum Gasteiger partial charge on any atom is -0.392 e. The van der Waals surface area contributed by atoms with E-state index in [4.69, 9.17) is 0 Å². The van der Waals surface area contributed by atoms with Gasteiger partial charge in [0.25, 0.3) is 0 Å². The molecule has 5 nitrogen and oxygen atoms in total. The highest BCUT2D eigenvalue weighted by molar-refractivity contribution is 5.76. The van der Waals surface area contributed by atoms with Crippen LogP contribution < -0.4 is 0 Å². The number of allylic oxidation sites excluding steroid dienone is 2. The van der Waals surface area contributed by atoms with Crippen LogP contribution in [0.15, 0.2) is 48.1 Å². The standard InChI is InChI=1S/C29H42N2O3/c1-21-6-5-8-22(16-21)18-25(32)10-11-26-27-19-23(17-24(27)20-28(26)33)7-3-4-9-29(34)31-14-12-30(2)13-15-31/h5-6,8,10-11,16-17,24-28,32-33H,3-4,7,9,12-15,18-20H2,1-2H3/t24-,25-,26+,27-,28+/m0/s1. The Morgan fingerprint density at radius 1 is 1.21 bits per heavy atom. The zero-order valence-electron chi connectivity index (χ0n) is 20.9. The second-order valence-electron chi connectivity index (χ2n) is 10.8. The van der Waals surface area contributed by atoms with E-state index in [0.717, 1.165) is 63.8 Å². The Labute approximate surface area is 205 Å². The van der Waals surface area contributed by atoms with Crippen LogP contribution in [0.3, 0.4) is 0 Å². The number of unbranched alkanes of at least 4 members (excludes halogenated alkanes) is 1. The Kier molecular flexibility index (Phi) is 8.62. The minimum absolute atomic E-state index is 0.115. The molecule has 0 radical (unpaired) electrons. The van der Waals surface area contributed by atoms with E-state index < -0.39 is 6.10 Å². The number of hydrogen-bond acceptors (Lipinski definition) is 4. The maximum Gasteiger partial charge on any atom is 0.222 e. The van der Waals surface area contributed by atoms with E-state index in [1.807, 2.05) is 17.0 Å². The van der Waals surface area contributed by atoms with Crippen LogP contribution in [0.25, 0.3) is 0 Å². The van der Waals surface area contributed by atoms with Gasteiger partial charge in [-0.25, -0.2) is 0 Å². The van der Waals surface area contributed by atoms with E-state index in [9.17, 15) is 15.0 Å². The number of rotatable bonds is 9. The number of carbonyl (C=O) groups excluding carboxylic acids is 1. The van der Waals surface area contributed by atoms with Gasteiger partial charge in [0.2, 0.25) is 5.91 Å². The molecular weight excluding hydrogens is 424 g/mol. The van der Waals surface area contributed by atoms with Crippen molar-refractivity contribution in [3.05, 3.63) is 59.2 Å². The lowest BCUT2D eigenvalue weighted by Gasteiger charge is -2.32. The Morgan fingerprint density at radius 3 is 2.76 bits per heavy atom. The second kappa shape index (κ2) is 11.7. The third-order valence-corrected chi connectivity index (χ3v) is 8.03. The number of aliphatic hydroxyl groups excluding tert-OH is 2. The van der Waals surface area contributed by atoms with Crippen LogP contribution in [-0.4, -0.2) is 71.4 Å². The summed E-state index contributed by atoms with van der Waals surface area (Å²) < 4.78 is 0. The van der Waals surface area contributed by atoms with Gasteiger partial charge in [-0.05, 0) is 63.5 Å². The largest absolute Gasteiger partial charge is 0.392 e. The second-order valence-corrected chi connectivity index (χ2v) is 10.8. The third kappa shape index (κ3) is 6.59. The van der Waals surface area contributed by atoms with E-state index in [2.05, 4.69) is 49.2 Å². The maximum atomic E-state index is 12.4. The summed E-state index contributed by atoms with van der Waals surface area (Å²) in [5, 5.41) is 21.1. The molecule has 1 aromatic rings. The first-order valence-electron chi connectivity index (χ1n) is 13.1. The fourth-order valence-corrected chi connectivity index (χ4v) is 6.04. The fraction of sp³-hybridized carbons (Fsp3) is 0.621. The van der Waals surface area contributed by atoms with Crippen molar-refractivity contribution in [1.29, 1.82) is 0 Å². The van der Waals surface area contributed by atoms with Crippen molar-refractivity contribution in [3.8, 4) is 0 Å². The first kappa shape index (κ1) is 25.2. The molecule has 2 fully saturated rings. The summed E-state index contributed by atoms with van der Waals surface area (Å²) in [5.74, 6) is 1.31. The molecule has 1 heterocycles. The Hall–Kier alpha value is -1.95. The number of fused-ring (bicyclic) bond motifs is 1.